The molecule has 14 heavy (non-hydrogen) atoms. The fourth-order valence-corrected chi connectivity index (χ4v) is 2.01. The molecule has 4 nitrogen and oxygen atoms in total. The Balaban J connectivity index is 3.19. The maximum atomic E-state index is 11.7. The van der Waals surface area contributed by atoms with E-state index in [0.29, 0.717) is 11.8 Å². The maximum absolute atomic E-state index is 11.7. The summed E-state index contributed by atoms with van der Waals surface area (Å²) in [6.45, 7) is 0. The monoisotopic (exact) mass is 232 g/mol. The van der Waals surface area contributed by atoms with E-state index in [-0.39, 0.29) is 11.2 Å². The van der Waals surface area contributed by atoms with Crippen LogP contribution in [-0.4, -0.2) is 21.6 Å². The van der Waals surface area contributed by atoms with Crippen LogP contribution in [0.2, 0.25) is 0 Å². The fraction of sp³-hybridized carbons (Fsp3) is 0.500. The van der Waals surface area contributed by atoms with Crippen LogP contribution in [0.15, 0.2) is 21.9 Å². The van der Waals surface area contributed by atoms with Crippen molar-refractivity contribution in [2.75, 3.05) is 12.5 Å². The molecular formula is C8H12N2O2S2. The molecule has 0 aliphatic heterocycles. The van der Waals surface area contributed by atoms with Crippen LogP contribution in [0.5, 0.6) is 0 Å². The summed E-state index contributed by atoms with van der Waals surface area (Å²) in [5, 5.41) is 0. The van der Waals surface area contributed by atoms with Gasteiger partial charge in [0, 0.05) is 12.3 Å². The molecule has 1 heterocycles. The van der Waals surface area contributed by atoms with Crippen LogP contribution < -0.4 is 11.2 Å². The van der Waals surface area contributed by atoms with Gasteiger partial charge in [-0.3, -0.25) is 13.9 Å². The second-order valence-electron chi connectivity index (χ2n) is 2.67. The fourth-order valence-electron chi connectivity index (χ4n) is 1.04. The van der Waals surface area contributed by atoms with E-state index >= 15 is 0 Å². The molecule has 0 saturated heterocycles. The summed E-state index contributed by atoms with van der Waals surface area (Å²) in [6, 6.07) is 1.42. The van der Waals surface area contributed by atoms with E-state index in [1.165, 1.54) is 33.2 Å². The van der Waals surface area contributed by atoms with Crippen LogP contribution in [0.4, 0.5) is 0 Å². The van der Waals surface area contributed by atoms with Crippen LogP contribution in [0.3, 0.4) is 0 Å². The molecule has 0 N–H and O–H groups in total. The highest BCUT2D eigenvalue weighted by Crippen LogP contribution is 1.96. The molecule has 1 rings (SSSR count). The first-order chi connectivity index (χ1) is 6.70. The van der Waals surface area contributed by atoms with Gasteiger partial charge in [-0.25, -0.2) is 4.79 Å². The van der Waals surface area contributed by atoms with E-state index in [1.807, 2.05) is 12.5 Å². The van der Waals surface area contributed by atoms with Gasteiger partial charge in [-0.1, -0.05) is 0 Å². The minimum absolute atomic E-state index is 0.235. The number of hydrogen-bond donors (Lipinski definition) is 0. The molecular weight excluding hydrogens is 220 g/mol. The Bertz CT molecular complexity index is 411. The van der Waals surface area contributed by atoms with Crippen LogP contribution in [0.1, 0.15) is 0 Å². The predicted molar refractivity (Wildman–Crippen MR) is 62.0 cm³/mol. The molecule has 0 atom stereocenters. The highest BCUT2D eigenvalue weighted by molar-refractivity contribution is 7.97. The highest BCUT2D eigenvalue weighted by atomic mass is 32.2. The Morgan fingerprint density at radius 3 is 2.43 bits per heavy atom. The van der Waals surface area contributed by atoms with Gasteiger partial charge < -0.3 is 0 Å². The third-order valence-corrected chi connectivity index (χ3v) is 2.72. The molecule has 0 unspecified atom stereocenters. The van der Waals surface area contributed by atoms with E-state index in [0.717, 1.165) is 0 Å². The number of rotatable bonds is 4. The molecule has 0 aliphatic carbocycles. The van der Waals surface area contributed by atoms with Gasteiger partial charge in [0.2, 0.25) is 0 Å². The Hall–Kier alpha value is -0.620. The summed E-state index contributed by atoms with van der Waals surface area (Å²) >= 11 is 2.99. The number of thioether (sulfide) groups is 2. The van der Waals surface area contributed by atoms with Crippen molar-refractivity contribution in [3.8, 4) is 0 Å². The third-order valence-electron chi connectivity index (χ3n) is 1.67. The minimum atomic E-state index is -0.235. The molecule has 0 spiro atoms. The van der Waals surface area contributed by atoms with Gasteiger partial charge >= 0.3 is 5.69 Å². The van der Waals surface area contributed by atoms with Crippen molar-refractivity contribution in [1.29, 1.82) is 0 Å². The van der Waals surface area contributed by atoms with Gasteiger partial charge in [-0.15, -0.1) is 23.5 Å². The average Bonchev–Trinajstić information content (AvgIpc) is 2.17. The molecule has 0 amide bonds. The highest BCUT2D eigenvalue weighted by Gasteiger charge is 2.02. The molecule has 6 heteroatoms. The van der Waals surface area contributed by atoms with Crippen molar-refractivity contribution in [3.05, 3.63) is 33.1 Å². The minimum Gasteiger partial charge on any atom is -0.291 e. The Kier molecular flexibility index (Phi) is 4.34. The van der Waals surface area contributed by atoms with Gasteiger partial charge in [0.1, 0.15) is 0 Å². The van der Waals surface area contributed by atoms with Gasteiger partial charge in [0.15, 0.2) is 0 Å². The molecule has 0 saturated carbocycles. The van der Waals surface area contributed by atoms with Crippen LogP contribution in [-0.2, 0) is 11.8 Å². The van der Waals surface area contributed by atoms with Crippen molar-refractivity contribution < 1.29 is 0 Å². The molecule has 1 aromatic heterocycles. The zero-order valence-corrected chi connectivity index (χ0v) is 9.73. The van der Waals surface area contributed by atoms with Crippen molar-refractivity contribution in [2.45, 2.75) is 11.8 Å². The molecule has 0 bridgehead atoms. The largest absolute Gasteiger partial charge is 0.332 e. The third kappa shape index (κ3) is 2.45. The van der Waals surface area contributed by atoms with Crippen LogP contribution >= 0.6 is 23.5 Å². The average molecular weight is 232 g/mol. The summed E-state index contributed by atoms with van der Waals surface area (Å²) in [5.41, 5.74) is -0.470. The second kappa shape index (κ2) is 5.31. The topological polar surface area (TPSA) is 44.0 Å². The van der Waals surface area contributed by atoms with E-state index in [1.54, 1.807) is 11.8 Å². The molecule has 0 aliphatic rings. The zero-order chi connectivity index (χ0) is 10.6. The summed E-state index contributed by atoms with van der Waals surface area (Å²) in [7, 11) is 0. The Morgan fingerprint density at radius 2 is 1.86 bits per heavy atom. The first kappa shape index (κ1) is 11.5. The van der Waals surface area contributed by atoms with E-state index in [4.69, 9.17) is 0 Å². The lowest BCUT2D eigenvalue weighted by atomic mass is 10.6. The lowest BCUT2D eigenvalue weighted by molar-refractivity contribution is 0.671. The molecule has 1 aromatic rings. The number of nitrogens with zero attached hydrogens (tertiary/aromatic N) is 2. The maximum Gasteiger partial charge on any atom is 0.332 e. The Labute approximate surface area is 90.3 Å². The second-order valence-corrected chi connectivity index (χ2v) is 4.34. The molecule has 0 radical (unpaired) electrons. The SMILES string of the molecule is CSCn1ccc(=O)n(CSC)c1=O. The van der Waals surface area contributed by atoms with Crippen LogP contribution in [0.25, 0.3) is 0 Å². The van der Waals surface area contributed by atoms with Crippen molar-refractivity contribution >= 4 is 23.5 Å². The summed E-state index contributed by atoms with van der Waals surface area (Å²) in [4.78, 5) is 23.0. The van der Waals surface area contributed by atoms with Gasteiger partial charge in [-0.2, -0.15) is 0 Å². The standard InChI is InChI=1S/C8H12N2O2S2/c1-13-5-9-4-3-7(11)10(6-14-2)8(9)12/h3-4H,5-6H2,1-2H3. The van der Waals surface area contributed by atoms with E-state index < -0.39 is 0 Å². The molecule has 0 aromatic carbocycles. The first-order valence-electron chi connectivity index (χ1n) is 3.99. The quantitative estimate of drug-likeness (QED) is 0.764. The summed E-state index contributed by atoms with van der Waals surface area (Å²) in [6.07, 6.45) is 5.31. The van der Waals surface area contributed by atoms with Crippen LogP contribution in [0, 0.1) is 0 Å². The predicted octanol–water partition coefficient (Wildman–Crippen LogP) is 0.651. The summed E-state index contributed by atoms with van der Waals surface area (Å²) in [5.74, 6) is 0.986. The number of hydrogen-bond acceptors (Lipinski definition) is 4. The van der Waals surface area contributed by atoms with Crippen molar-refractivity contribution in [3.63, 3.8) is 0 Å². The first-order valence-corrected chi connectivity index (χ1v) is 6.77. The number of aromatic nitrogens is 2. The van der Waals surface area contributed by atoms with Crippen molar-refractivity contribution in [2.24, 2.45) is 0 Å². The van der Waals surface area contributed by atoms with Crippen molar-refractivity contribution in [1.82, 2.24) is 9.13 Å². The lowest BCUT2D eigenvalue weighted by Crippen LogP contribution is -2.38. The Morgan fingerprint density at radius 1 is 1.21 bits per heavy atom. The van der Waals surface area contributed by atoms with E-state index in [9.17, 15) is 9.59 Å². The normalized spacial score (nSPS) is 10.4. The zero-order valence-electron chi connectivity index (χ0n) is 8.10. The van der Waals surface area contributed by atoms with Gasteiger partial charge in [0.05, 0.1) is 11.8 Å². The van der Waals surface area contributed by atoms with Gasteiger partial charge in [-0.05, 0) is 12.5 Å². The van der Waals surface area contributed by atoms with Gasteiger partial charge in [0.25, 0.3) is 5.56 Å². The van der Waals surface area contributed by atoms with E-state index in [2.05, 4.69) is 0 Å². The molecule has 0 fully saturated rings. The lowest BCUT2D eigenvalue weighted by Gasteiger charge is -2.06. The smallest absolute Gasteiger partial charge is 0.291 e. The summed E-state index contributed by atoms with van der Waals surface area (Å²) < 4.78 is 2.77. The molecule has 78 valence electrons.